The first-order valence-electron chi connectivity index (χ1n) is 9.13. The molecule has 2 aliphatic heterocycles. The Morgan fingerprint density at radius 1 is 1.43 bits per heavy atom. The van der Waals surface area contributed by atoms with E-state index >= 15 is 0 Å². The third-order valence-electron chi connectivity index (χ3n) is 5.07. The molecule has 0 unspecified atom stereocenters. The highest BCUT2D eigenvalue weighted by molar-refractivity contribution is 14.1. The van der Waals surface area contributed by atoms with Gasteiger partial charge in [-0.25, -0.2) is 4.98 Å². The van der Waals surface area contributed by atoms with E-state index in [1.54, 1.807) is 6.20 Å². The first-order valence-corrected chi connectivity index (χ1v) is 10.2. The first kappa shape index (κ1) is 20.6. The van der Waals surface area contributed by atoms with E-state index in [1.807, 2.05) is 11.6 Å². The van der Waals surface area contributed by atoms with Crippen molar-refractivity contribution >= 4 is 46.2 Å². The van der Waals surface area contributed by atoms with E-state index in [1.165, 1.54) is 4.90 Å². The number of rotatable bonds is 6. The second kappa shape index (κ2) is 8.45. The largest absolute Gasteiger partial charge is 0.368 e. The maximum atomic E-state index is 13.2. The Morgan fingerprint density at radius 3 is 2.75 bits per heavy atom. The van der Waals surface area contributed by atoms with Gasteiger partial charge in [-0.3, -0.25) is 19.2 Å². The van der Waals surface area contributed by atoms with Crippen LogP contribution in [0.3, 0.4) is 0 Å². The zero-order valence-corrected chi connectivity index (χ0v) is 17.6. The van der Waals surface area contributed by atoms with Gasteiger partial charge in [0.05, 0.1) is 5.69 Å². The summed E-state index contributed by atoms with van der Waals surface area (Å²) in [5.41, 5.74) is 6.08. The van der Waals surface area contributed by atoms with Gasteiger partial charge in [-0.1, -0.05) is 0 Å². The van der Waals surface area contributed by atoms with Crippen LogP contribution in [0.4, 0.5) is 0 Å². The summed E-state index contributed by atoms with van der Waals surface area (Å²) in [4.78, 5) is 54.7. The van der Waals surface area contributed by atoms with Crippen molar-refractivity contribution in [3.05, 3.63) is 15.7 Å². The summed E-state index contributed by atoms with van der Waals surface area (Å²) in [6, 6.07) is -2.21. The molecule has 3 atom stereocenters. The summed E-state index contributed by atoms with van der Waals surface area (Å²) in [6.45, 7) is 0.415. The third kappa shape index (κ3) is 4.45. The Morgan fingerprint density at radius 2 is 2.18 bits per heavy atom. The molecule has 0 spiro atoms. The van der Waals surface area contributed by atoms with Crippen LogP contribution >= 0.6 is 22.6 Å². The Hall–Kier alpha value is -2.18. The van der Waals surface area contributed by atoms with Crippen LogP contribution in [0.1, 0.15) is 31.4 Å². The maximum absolute atomic E-state index is 13.2. The molecule has 4 N–H and O–H groups in total. The summed E-state index contributed by atoms with van der Waals surface area (Å²) in [6.07, 6.45) is 3.85. The number of aromatic nitrogens is 2. The molecular weight excluding hydrogens is 479 g/mol. The number of nitrogens with zero attached hydrogens (tertiary/aromatic N) is 3. The van der Waals surface area contributed by atoms with Crippen molar-refractivity contribution in [2.45, 2.75) is 50.2 Å². The van der Waals surface area contributed by atoms with Crippen molar-refractivity contribution in [1.29, 1.82) is 0 Å². The summed E-state index contributed by atoms with van der Waals surface area (Å²) in [7, 11) is 1.84. The van der Waals surface area contributed by atoms with Gasteiger partial charge in [0.1, 0.15) is 18.1 Å². The fraction of sp³-hybridized carbons (Fsp3) is 0.588. The monoisotopic (exact) mass is 502 g/mol. The average molecular weight is 502 g/mol. The zero-order chi connectivity index (χ0) is 20.4. The van der Waals surface area contributed by atoms with E-state index < -0.39 is 29.9 Å². The lowest BCUT2D eigenvalue weighted by molar-refractivity contribution is -0.140. The maximum Gasteiger partial charge on any atom is 0.246 e. The molecule has 2 aliphatic rings. The number of carbonyl (C=O) groups excluding carboxylic acids is 4. The Kier molecular flexibility index (Phi) is 6.20. The molecule has 0 bridgehead atoms. The van der Waals surface area contributed by atoms with Crippen LogP contribution in [0.15, 0.2) is 6.20 Å². The first-order chi connectivity index (χ1) is 13.3. The standard InChI is InChI=1S/C17H23IN6O4/c1-23-8-9(20-17(23)18)7-11(22-15(27)10-4-5-13(25)21-10)16(28)24-6-2-3-12(24)14(19)26/h8,10-12H,2-7H2,1H3,(H2,19,26)(H,21,25)(H,22,27)/t10-,11-,12-/m0/s1. The number of likely N-dealkylation sites (tertiary alicyclic amines) is 1. The van der Waals surface area contributed by atoms with Gasteiger partial charge in [0.2, 0.25) is 23.6 Å². The number of halogens is 1. The Bertz CT molecular complexity index is 790. The molecule has 3 heterocycles. The van der Waals surface area contributed by atoms with Crippen LogP contribution in [-0.2, 0) is 32.6 Å². The van der Waals surface area contributed by atoms with Gasteiger partial charge < -0.3 is 25.8 Å². The molecule has 2 fully saturated rings. The normalized spacial score (nSPS) is 22.8. The minimum atomic E-state index is -0.893. The summed E-state index contributed by atoms with van der Waals surface area (Å²) in [5, 5.41) is 5.34. The van der Waals surface area contributed by atoms with E-state index in [0.717, 1.165) is 3.83 Å². The Balaban J connectivity index is 1.78. The molecule has 3 rings (SSSR count). The lowest BCUT2D eigenvalue weighted by Gasteiger charge is -2.28. The van der Waals surface area contributed by atoms with E-state index in [2.05, 4.69) is 38.2 Å². The molecule has 28 heavy (non-hydrogen) atoms. The highest BCUT2D eigenvalue weighted by Crippen LogP contribution is 2.19. The van der Waals surface area contributed by atoms with Gasteiger partial charge in [0.25, 0.3) is 0 Å². The summed E-state index contributed by atoms with van der Waals surface area (Å²) >= 11 is 2.08. The van der Waals surface area contributed by atoms with Crippen LogP contribution in [0.5, 0.6) is 0 Å². The van der Waals surface area contributed by atoms with Gasteiger partial charge >= 0.3 is 0 Å². The second-order valence-electron chi connectivity index (χ2n) is 7.13. The number of hydrogen-bond acceptors (Lipinski definition) is 5. The van der Waals surface area contributed by atoms with Crippen LogP contribution in [0, 0.1) is 3.83 Å². The number of amides is 4. The smallest absolute Gasteiger partial charge is 0.246 e. The topological polar surface area (TPSA) is 139 Å². The minimum Gasteiger partial charge on any atom is -0.368 e. The molecule has 152 valence electrons. The van der Waals surface area contributed by atoms with Gasteiger partial charge in [-0.2, -0.15) is 0 Å². The molecule has 0 saturated carbocycles. The average Bonchev–Trinajstić information content (AvgIpc) is 3.34. The lowest BCUT2D eigenvalue weighted by Crippen LogP contribution is -2.56. The molecule has 0 radical (unpaired) electrons. The third-order valence-corrected chi connectivity index (χ3v) is 6.08. The van der Waals surface area contributed by atoms with Gasteiger partial charge in [-0.15, -0.1) is 0 Å². The summed E-state index contributed by atoms with van der Waals surface area (Å²) < 4.78 is 2.57. The highest BCUT2D eigenvalue weighted by atomic mass is 127. The van der Waals surface area contributed by atoms with E-state index in [-0.39, 0.29) is 24.7 Å². The fourth-order valence-corrected chi connectivity index (χ4v) is 4.07. The van der Waals surface area contributed by atoms with Crippen LogP contribution in [0.25, 0.3) is 0 Å². The quantitative estimate of drug-likeness (QED) is 0.420. The molecule has 2 saturated heterocycles. The number of nitrogens with one attached hydrogen (secondary N) is 2. The Labute approximate surface area is 175 Å². The number of hydrogen-bond donors (Lipinski definition) is 3. The van der Waals surface area contributed by atoms with Crippen molar-refractivity contribution in [2.75, 3.05) is 6.54 Å². The number of primary amides is 1. The predicted octanol–water partition coefficient (Wildman–Crippen LogP) is -1.19. The van der Waals surface area contributed by atoms with E-state index in [9.17, 15) is 19.2 Å². The van der Waals surface area contributed by atoms with Crippen molar-refractivity contribution in [1.82, 2.24) is 25.1 Å². The van der Waals surface area contributed by atoms with Crippen molar-refractivity contribution in [3.8, 4) is 0 Å². The number of imidazole rings is 1. The molecule has 1 aromatic heterocycles. The molecule has 0 aliphatic carbocycles. The van der Waals surface area contributed by atoms with Crippen LogP contribution in [0.2, 0.25) is 0 Å². The molecule has 10 nitrogen and oxygen atoms in total. The van der Waals surface area contributed by atoms with Crippen molar-refractivity contribution in [3.63, 3.8) is 0 Å². The number of aryl methyl sites for hydroxylation is 1. The lowest BCUT2D eigenvalue weighted by atomic mass is 10.1. The SMILES string of the molecule is Cn1cc(C[C@H](NC(=O)[C@@H]2CCC(=O)N2)C(=O)N2CCC[C@H]2C(N)=O)nc1I. The van der Waals surface area contributed by atoms with Gasteiger partial charge in [-0.05, 0) is 41.9 Å². The van der Waals surface area contributed by atoms with E-state index in [0.29, 0.717) is 31.5 Å². The molecular formula is C17H23IN6O4. The number of carbonyl (C=O) groups is 4. The molecule has 1 aromatic rings. The number of nitrogens with two attached hydrogens (primary N) is 1. The van der Waals surface area contributed by atoms with Crippen LogP contribution < -0.4 is 16.4 Å². The van der Waals surface area contributed by atoms with Crippen LogP contribution in [-0.4, -0.2) is 62.7 Å². The van der Waals surface area contributed by atoms with Gasteiger partial charge in [0, 0.05) is 32.6 Å². The van der Waals surface area contributed by atoms with Gasteiger partial charge in [0.15, 0.2) is 3.83 Å². The highest BCUT2D eigenvalue weighted by Gasteiger charge is 2.38. The predicted molar refractivity (Wildman–Crippen MR) is 107 cm³/mol. The molecule has 0 aromatic carbocycles. The van der Waals surface area contributed by atoms with Crippen molar-refractivity contribution in [2.24, 2.45) is 12.8 Å². The van der Waals surface area contributed by atoms with E-state index in [4.69, 9.17) is 5.73 Å². The second-order valence-corrected chi connectivity index (χ2v) is 8.09. The fourth-order valence-electron chi connectivity index (χ4n) is 3.62. The summed E-state index contributed by atoms with van der Waals surface area (Å²) in [5.74, 6) is -1.51. The van der Waals surface area contributed by atoms with Crippen molar-refractivity contribution < 1.29 is 19.2 Å². The zero-order valence-electron chi connectivity index (χ0n) is 15.5. The molecule has 11 heteroatoms. The minimum absolute atomic E-state index is 0.185. The molecule has 4 amide bonds.